The highest BCUT2D eigenvalue weighted by Crippen LogP contribution is 2.28. The van der Waals surface area contributed by atoms with Gasteiger partial charge in [-0.2, -0.15) is 5.10 Å². The minimum atomic E-state index is -0.574. The maximum absolute atomic E-state index is 12.8. The number of amides is 2. The molecule has 9 heteroatoms. The van der Waals surface area contributed by atoms with Crippen molar-refractivity contribution in [3.05, 3.63) is 54.0 Å². The Morgan fingerprint density at radius 2 is 2.13 bits per heavy atom. The molecule has 0 radical (unpaired) electrons. The zero-order valence-corrected chi connectivity index (χ0v) is 17.3. The van der Waals surface area contributed by atoms with Gasteiger partial charge in [-0.25, -0.2) is 0 Å². The summed E-state index contributed by atoms with van der Waals surface area (Å²) in [6.45, 7) is 2.52. The van der Waals surface area contributed by atoms with Crippen molar-refractivity contribution >= 4 is 29.7 Å². The van der Waals surface area contributed by atoms with Crippen LogP contribution in [0.1, 0.15) is 43.4 Å². The lowest BCUT2D eigenvalue weighted by Gasteiger charge is -2.19. The van der Waals surface area contributed by atoms with Crippen molar-refractivity contribution in [1.82, 2.24) is 5.32 Å². The highest BCUT2D eigenvalue weighted by Gasteiger charge is 2.34. The number of anilines is 1. The quantitative estimate of drug-likeness (QED) is 0.274. The van der Waals surface area contributed by atoms with Gasteiger partial charge in [0.1, 0.15) is 0 Å². The lowest BCUT2D eigenvalue weighted by atomic mass is 10.0. The molecule has 1 fully saturated rings. The smallest absolute Gasteiger partial charge is 0.308 e. The van der Waals surface area contributed by atoms with Crippen LogP contribution in [0.5, 0.6) is 0 Å². The molecular weight excluding hydrogens is 400 g/mol. The summed E-state index contributed by atoms with van der Waals surface area (Å²) in [5.74, 6) is 3.92. The molecule has 164 valence electrons. The summed E-state index contributed by atoms with van der Waals surface area (Å²) in [4.78, 5) is 39.1. The fourth-order valence-corrected chi connectivity index (χ4v) is 3.60. The molecule has 9 nitrogen and oxygen atoms in total. The predicted molar refractivity (Wildman–Crippen MR) is 114 cm³/mol. The van der Waals surface area contributed by atoms with E-state index in [1.165, 1.54) is 18.7 Å². The first-order chi connectivity index (χ1) is 15.0. The molecule has 1 saturated heterocycles. The fourth-order valence-electron chi connectivity index (χ4n) is 3.60. The fraction of sp³-hybridized carbons (Fsp3) is 0.364. The number of nitrogens with zero attached hydrogens (tertiary/aromatic N) is 2. The van der Waals surface area contributed by atoms with Crippen LogP contribution in [0.2, 0.25) is 0 Å². The maximum Gasteiger partial charge on any atom is 0.308 e. The van der Waals surface area contributed by atoms with Crippen molar-refractivity contribution in [2.45, 2.75) is 32.2 Å². The number of nitrogens with one attached hydrogen (secondary N) is 1. The van der Waals surface area contributed by atoms with Crippen molar-refractivity contribution in [2.75, 3.05) is 18.1 Å². The van der Waals surface area contributed by atoms with E-state index in [1.54, 1.807) is 17.9 Å². The van der Waals surface area contributed by atoms with Crippen LogP contribution in [0.15, 0.2) is 52.4 Å². The summed E-state index contributed by atoms with van der Waals surface area (Å²) in [7, 11) is 0. The Hall–Kier alpha value is -3.62. The van der Waals surface area contributed by atoms with Crippen LogP contribution in [0, 0.1) is 5.92 Å². The molecule has 2 heterocycles. The van der Waals surface area contributed by atoms with Crippen molar-refractivity contribution in [2.24, 2.45) is 16.9 Å². The van der Waals surface area contributed by atoms with E-state index in [9.17, 15) is 14.4 Å². The molecule has 1 aliphatic rings. The first kappa shape index (κ1) is 22.1. The van der Waals surface area contributed by atoms with Crippen LogP contribution in [-0.4, -0.2) is 37.1 Å². The molecule has 2 aromatic rings. The molecule has 1 aromatic carbocycles. The third kappa shape index (κ3) is 5.71. The van der Waals surface area contributed by atoms with E-state index in [2.05, 4.69) is 10.4 Å². The van der Waals surface area contributed by atoms with Crippen molar-refractivity contribution < 1.29 is 23.5 Å². The van der Waals surface area contributed by atoms with Crippen LogP contribution in [-0.2, 0) is 19.1 Å². The first-order valence-electron chi connectivity index (χ1n) is 10.1. The van der Waals surface area contributed by atoms with Gasteiger partial charge in [0.15, 0.2) is 0 Å². The van der Waals surface area contributed by atoms with Crippen LogP contribution in [0.3, 0.4) is 0 Å². The number of hydrogen-bond donors (Lipinski definition) is 2. The molecule has 0 spiro atoms. The average Bonchev–Trinajstić information content (AvgIpc) is 3.40. The van der Waals surface area contributed by atoms with Crippen molar-refractivity contribution in [3.8, 4) is 0 Å². The van der Waals surface area contributed by atoms with E-state index in [-0.39, 0.29) is 31.3 Å². The number of hydrazone groups is 1. The number of rotatable bonds is 9. The minimum Gasteiger partial charge on any atom is -0.472 e. The Morgan fingerprint density at radius 3 is 2.77 bits per heavy atom. The van der Waals surface area contributed by atoms with Gasteiger partial charge >= 0.3 is 5.97 Å². The van der Waals surface area contributed by atoms with Gasteiger partial charge in [-0.15, -0.1) is 0 Å². The van der Waals surface area contributed by atoms with Crippen molar-refractivity contribution in [1.29, 1.82) is 0 Å². The summed E-state index contributed by atoms with van der Waals surface area (Å²) in [5, 5.41) is 6.31. The highest BCUT2D eigenvalue weighted by atomic mass is 16.5. The number of hydrogen-bond acceptors (Lipinski definition) is 7. The van der Waals surface area contributed by atoms with Gasteiger partial charge in [-0.1, -0.05) is 12.1 Å². The number of ether oxygens (including phenoxy) is 1. The number of furan rings is 1. The van der Waals surface area contributed by atoms with Gasteiger partial charge < -0.3 is 25.2 Å². The molecule has 0 saturated carbocycles. The van der Waals surface area contributed by atoms with E-state index >= 15 is 0 Å². The molecule has 3 N–H and O–H groups in total. The van der Waals surface area contributed by atoms with Crippen LogP contribution < -0.4 is 16.1 Å². The molecule has 1 aliphatic heterocycles. The van der Waals surface area contributed by atoms with E-state index in [0.29, 0.717) is 18.5 Å². The summed E-state index contributed by atoms with van der Waals surface area (Å²) in [6, 6.07) is 8.41. The molecule has 0 aliphatic carbocycles. The van der Waals surface area contributed by atoms with Gasteiger partial charge in [-0.3, -0.25) is 14.4 Å². The molecule has 2 atom stereocenters. The topological polar surface area (TPSA) is 127 Å². The van der Waals surface area contributed by atoms with Crippen LogP contribution in [0.25, 0.3) is 0 Å². The van der Waals surface area contributed by atoms with Gasteiger partial charge in [0, 0.05) is 30.1 Å². The van der Waals surface area contributed by atoms with Crippen LogP contribution in [0.4, 0.5) is 5.69 Å². The van der Waals surface area contributed by atoms with E-state index in [0.717, 1.165) is 11.3 Å². The average molecular weight is 426 g/mol. The Balaban J connectivity index is 1.60. The van der Waals surface area contributed by atoms with Crippen LogP contribution >= 0.6 is 0 Å². The summed E-state index contributed by atoms with van der Waals surface area (Å²) in [6.07, 6.45) is 5.09. The molecule has 0 bridgehead atoms. The lowest BCUT2D eigenvalue weighted by Crippen LogP contribution is -2.34. The van der Waals surface area contributed by atoms with E-state index in [1.807, 2.05) is 24.3 Å². The first-order valence-corrected chi connectivity index (χ1v) is 10.1. The second-order valence-electron chi connectivity index (χ2n) is 7.24. The molecule has 31 heavy (non-hydrogen) atoms. The predicted octanol–water partition coefficient (Wildman–Crippen LogP) is 2.13. The maximum atomic E-state index is 12.8. The molecule has 2 amide bonds. The van der Waals surface area contributed by atoms with Gasteiger partial charge in [0.05, 0.1) is 37.8 Å². The number of benzene rings is 1. The van der Waals surface area contributed by atoms with Gasteiger partial charge in [0.25, 0.3) is 0 Å². The number of nitrogens with two attached hydrogens (primary N) is 1. The largest absolute Gasteiger partial charge is 0.472 e. The second-order valence-corrected chi connectivity index (χ2v) is 7.24. The second kappa shape index (κ2) is 10.4. The standard InChI is InChI=1S/C22H26N4O5/c1-2-31-21(28)12-19(17-8-10-30-14-17)25-20(27)11-16-7-9-26(22(16)29)18-5-3-15(4-6-18)13-24-23/h3-6,8,10,13-14,16,19H,2,7,9,11-12,23H2,1H3,(H,25,27)/t16?,19-/m0/s1. The Morgan fingerprint density at radius 1 is 1.35 bits per heavy atom. The number of carbonyl (C=O) groups excluding carboxylic acids is 3. The third-order valence-electron chi connectivity index (χ3n) is 5.13. The summed E-state index contributed by atoms with van der Waals surface area (Å²) < 4.78 is 10.1. The van der Waals surface area contributed by atoms with Gasteiger partial charge in [-0.05, 0) is 37.1 Å². The van der Waals surface area contributed by atoms with Gasteiger partial charge in [0.2, 0.25) is 11.8 Å². The molecular formula is C22H26N4O5. The van der Waals surface area contributed by atoms with E-state index < -0.39 is 17.9 Å². The lowest BCUT2D eigenvalue weighted by molar-refractivity contribution is -0.144. The monoisotopic (exact) mass is 426 g/mol. The van der Waals surface area contributed by atoms with Crippen molar-refractivity contribution in [3.63, 3.8) is 0 Å². The molecule has 3 rings (SSSR count). The Labute approximate surface area is 180 Å². The SMILES string of the molecule is CCOC(=O)C[C@H](NC(=O)CC1CCN(c2ccc(C=NN)cc2)C1=O)c1ccoc1. The summed E-state index contributed by atoms with van der Waals surface area (Å²) >= 11 is 0. The normalized spacial score (nSPS) is 17.1. The Kier molecular flexibility index (Phi) is 7.42. The zero-order chi connectivity index (χ0) is 22.2. The molecule has 1 aromatic heterocycles. The number of carbonyl (C=O) groups is 3. The number of esters is 1. The Bertz CT molecular complexity index is 924. The molecule has 1 unspecified atom stereocenters. The minimum absolute atomic E-state index is 0.0116. The summed E-state index contributed by atoms with van der Waals surface area (Å²) in [5.41, 5.74) is 2.27. The highest BCUT2D eigenvalue weighted by molar-refractivity contribution is 5.99. The third-order valence-corrected chi connectivity index (χ3v) is 5.13. The van der Waals surface area contributed by atoms with E-state index in [4.69, 9.17) is 15.0 Å². The zero-order valence-electron chi connectivity index (χ0n) is 17.3.